The Morgan fingerprint density at radius 2 is 1.19 bits per heavy atom. The lowest BCUT2D eigenvalue weighted by atomic mass is 10.2. The van der Waals surface area contributed by atoms with Crippen LogP contribution in [0.2, 0.25) is 0 Å². The van der Waals surface area contributed by atoms with E-state index >= 15 is 0 Å². The molecule has 0 amide bonds. The molecule has 0 aliphatic heterocycles. The van der Waals surface area contributed by atoms with Crippen molar-refractivity contribution in [1.82, 2.24) is 0 Å². The van der Waals surface area contributed by atoms with Crippen LogP contribution in [-0.4, -0.2) is 17.1 Å². The van der Waals surface area contributed by atoms with Crippen molar-refractivity contribution >= 4 is 5.97 Å². The van der Waals surface area contributed by atoms with E-state index in [2.05, 4.69) is 55.5 Å². The van der Waals surface area contributed by atoms with Crippen molar-refractivity contribution in [1.29, 1.82) is 0 Å². The van der Waals surface area contributed by atoms with Crippen LogP contribution < -0.4 is 5.73 Å². The molecule has 0 spiro atoms. The third kappa shape index (κ3) is 33.9. The normalized spacial score (nSPS) is 11.9. The summed E-state index contributed by atoms with van der Waals surface area (Å²) in [4.78, 5) is 10.3. The first-order valence-corrected chi connectivity index (χ1v) is 10.1. The molecule has 0 aliphatic rings. The Hall–Kier alpha value is -1.61. The van der Waals surface area contributed by atoms with Gasteiger partial charge in [-0.15, -0.1) is 0 Å². The highest BCUT2D eigenvalue weighted by atomic mass is 16.4. The number of carbonyl (C=O) groups is 1. The highest BCUT2D eigenvalue weighted by molar-refractivity contribution is 5.66. The minimum absolute atomic E-state index is 0.262. The van der Waals surface area contributed by atoms with Crippen LogP contribution in [0.15, 0.2) is 48.6 Å². The number of hydrogen-bond acceptors (Lipinski definition) is 2. The molecule has 0 aromatic rings. The van der Waals surface area contributed by atoms with E-state index in [1.54, 1.807) is 0 Å². The quantitative estimate of drug-likeness (QED) is 0.271. The molecule has 3 heteroatoms. The van der Waals surface area contributed by atoms with Crippen LogP contribution in [0.4, 0.5) is 0 Å². The molecular weight excluding hydrogens is 322 g/mol. The average Bonchev–Trinajstić information content (AvgIpc) is 2.57. The predicted molar refractivity (Wildman–Crippen MR) is 115 cm³/mol. The Labute approximate surface area is 161 Å². The maximum Gasteiger partial charge on any atom is 0.303 e. The number of hydrogen-bond donors (Lipinski definition) is 2. The number of allylic oxidation sites excluding steroid dienone is 8. The molecular formula is C23H41NO2. The molecule has 0 rings (SSSR count). The van der Waals surface area contributed by atoms with E-state index in [1.165, 1.54) is 25.7 Å². The van der Waals surface area contributed by atoms with E-state index in [9.17, 15) is 4.79 Å². The van der Waals surface area contributed by atoms with Crippen molar-refractivity contribution in [2.45, 2.75) is 91.0 Å². The Bertz CT molecular complexity index is 404. The van der Waals surface area contributed by atoms with Gasteiger partial charge in [-0.1, -0.05) is 82.2 Å². The largest absolute Gasteiger partial charge is 0.481 e. The fraction of sp³-hybridized carbons (Fsp3) is 0.609. The van der Waals surface area contributed by atoms with E-state index in [1.807, 2.05) is 13.8 Å². The number of nitrogens with two attached hydrogens (primary N) is 1. The second-order valence-corrected chi connectivity index (χ2v) is 6.62. The first kappa shape index (κ1) is 26.6. The van der Waals surface area contributed by atoms with Crippen molar-refractivity contribution in [2.24, 2.45) is 5.73 Å². The van der Waals surface area contributed by atoms with Gasteiger partial charge in [-0.25, -0.2) is 0 Å². The summed E-state index contributed by atoms with van der Waals surface area (Å²) >= 11 is 0. The molecule has 3 nitrogen and oxygen atoms in total. The lowest BCUT2D eigenvalue weighted by molar-refractivity contribution is -0.137. The monoisotopic (exact) mass is 363 g/mol. The van der Waals surface area contributed by atoms with Crippen molar-refractivity contribution < 1.29 is 9.90 Å². The van der Waals surface area contributed by atoms with E-state index < -0.39 is 5.97 Å². The fourth-order valence-electron chi connectivity index (χ4n) is 1.93. The van der Waals surface area contributed by atoms with E-state index in [0.29, 0.717) is 6.04 Å². The molecule has 0 aromatic carbocycles. The first-order valence-electron chi connectivity index (χ1n) is 10.1. The maximum atomic E-state index is 10.3. The third-order valence-electron chi connectivity index (χ3n) is 3.22. The third-order valence-corrected chi connectivity index (χ3v) is 3.22. The van der Waals surface area contributed by atoms with E-state index in [0.717, 1.165) is 32.1 Å². The van der Waals surface area contributed by atoms with Gasteiger partial charge in [0.05, 0.1) is 0 Å². The zero-order chi connectivity index (χ0) is 19.9. The number of carboxylic acids is 1. The lowest BCUT2D eigenvalue weighted by Gasteiger charge is -1.90. The van der Waals surface area contributed by atoms with Crippen molar-refractivity contribution in [2.75, 3.05) is 0 Å². The van der Waals surface area contributed by atoms with Crippen molar-refractivity contribution in [3.63, 3.8) is 0 Å². The molecule has 0 radical (unpaired) electrons. The van der Waals surface area contributed by atoms with Gasteiger partial charge in [-0.05, 0) is 51.0 Å². The fourth-order valence-corrected chi connectivity index (χ4v) is 1.93. The van der Waals surface area contributed by atoms with Crippen LogP contribution in [0.3, 0.4) is 0 Å². The molecule has 0 bridgehead atoms. The summed E-state index contributed by atoms with van der Waals surface area (Å²) in [5.41, 5.74) is 5.11. The van der Waals surface area contributed by atoms with Gasteiger partial charge in [-0.2, -0.15) is 0 Å². The highest BCUT2D eigenvalue weighted by Gasteiger charge is 1.92. The molecule has 150 valence electrons. The Morgan fingerprint density at radius 1 is 0.808 bits per heavy atom. The van der Waals surface area contributed by atoms with E-state index in [4.69, 9.17) is 10.8 Å². The summed E-state index contributed by atoms with van der Waals surface area (Å²) in [5.74, 6) is -0.712. The summed E-state index contributed by atoms with van der Waals surface area (Å²) in [6.45, 7) is 6.12. The van der Waals surface area contributed by atoms with Gasteiger partial charge in [0.1, 0.15) is 0 Å². The van der Waals surface area contributed by atoms with Gasteiger partial charge < -0.3 is 10.8 Å². The second kappa shape index (κ2) is 23.4. The van der Waals surface area contributed by atoms with Crippen LogP contribution in [0.25, 0.3) is 0 Å². The molecule has 0 unspecified atom stereocenters. The van der Waals surface area contributed by atoms with Crippen LogP contribution in [0.1, 0.15) is 85.0 Å². The minimum atomic E-state index is -0.712. The maximum absolute atomic E-state index is 10.3. The molecule has 0 saturated heterocycles. The minimum Gasteiger partial charge on any atom is -0.481 e. The summed E-state index contributed by atoms with van der Waals surface area (Å²) < 4.78 is 0. The predicted octanol–water partition coefficient (Wildman–Crippen LogP) is 6.57. The topological polar surface area (TPSA) is 63.3 Å². The number of aliphatic carboxylic acids is 1. The first-order chi connectivity index (χ1) is 12.5. The smallest absolute Gasteiger partial charge is 0.303 e. The summed E-state index contributed by atoms with van der Waals surface area (Å²) in [5, 5.41) is 8.49. The molecule has 0 heterocycles. The van der Waals surface area contributed by atoms with Crippen molar-refractivity contribution in [3.8, 4) is 0 Å². The average molecular weight is 364 g/mol. The van der Waals surface area contributed by atoms with E-state index in [-0.39, 0.29) is 6.42 Å². The Morgan fingerprint density at radius 3 is 1.58 bits per heavy atom. The van der Waals surface area contributed by atoms with Gasteiger partial charge in [-0.3, -0.25) is 4.79 Å². The number of unbranched alkanes of at least 4 members (excludes halogenated alkanes) is 4. The standard InChI is InChI=1S/C20H32O2.C3H9N/c1-2-3-4-5-6-7-8-9-10-11-12-13-14-15-16-17-18-19-20(21)22;1-3(2)4/h6-7,9-10,12-13,15-16H,2-5,8,11,14,17-19H2,1H3,(H,21,22);3H,4H2,1-2H3/b7-6-,10-9-,13-12-,16-15-;. The zero-order valence-corrected chi connectivity index (χ0v) is 17.2. The van der Waals surface area contributed by atoms with Gasteiger partial charge in [0.15, 0.2) is 0 Å². The summed E-state index contributed by atoms with van der Waals surface area (Å²) in [6, 6.07) is 0.333. The summed E-state index contributed by atoms with van der Waals surface area (Å²) in [6.07, 6.45) is 27.3. The SMILES string of the molecule is CC(C)N.CCCCC/C=C\C/C=C\C/C=C\C/C=C\CCCC(=O)O. The second-order valence-electron chi connectivity index (χ2n) is 6.62. The van der Waals surface area contributed by atoms with Crippen LogP contribution >= 0.6 is 0 Å². The Kier molecular flexibility index (Phi) is 23.9. The highest BCUT2D eigenvalue weighted by Crippen LogP contribution is 2.01. The molecule has 26 heavy (non-hydrogen) atoms. The molecule has 3 N–H and O–H groups in total. The molecule has 0 aromatic heterocycles. The van der Waals surface area contributed by atoms with Crippen molar-refractivity contribution in [3.05, 3.63) is 48.6 Å². The Balaban J connectivity index is 0. The van der Waals surface area contributed by atoms with Crippen LogP contribution in [-0.2, 0) is 4.79 Å². The molecule has 0 atom stereocenters. The van der Waals surface area contributed by atoms with Gasteiger partial charge in [0.25, 0.3) is 0 Å². The number of rotatable bonds is 14. The van der Waals surface area contributed by atoms with Gasteiger partial charge in [0.2, 0.25) is 0 Å². The molecule has 0 saturated carbocycles. The molecule has 0 fully saturated rings. The van der Waals surface area contributed by atoms with Crippen LogP contribution in [0, 0.1) is 0 Å². The van der Waals surface area contributed by atoms with Gasteiger partial charge >= 0.3 is 5.97 Å². The number of carboxylic acid groups (broad SMARTS) is 1. The molecule has 0 aliphatic carbocycles. The summed E-state index contributed by atoms with van der Waals surface area (Å²) in [7, 11) is 0. The van der Waals surface area contributed by atoms with Crippen LogP contribution in [0.5, 0.6) is 0 Å². The van der Waals surface area contributed by atoms with Gasteiger partial charge in [0, 0.05) is 6.42 Å². The zero-order valence-electron chi connectivity index (χ0n) is 17.2. The lowest BCUT2D eigenvalue weighted by Crippen LogP contribution is -2.06.